The number of rotatable bonds is 7. The Hall–Kier alpha value is -2.21. The van der Waals surface area contributed by atoms with Gasteiger partial charge in [-0.25, -0.2) is 9.67 Å². The lowest BCUT2D eigenvalue weighted by Crippen LogP contribution is -2.40. The molecule has 6 heteroatoms. The third kappa shape index (κ3) is 4.68. The van der Waals surface area contributed by atoms with Crippen LogP contribution >= 0.6 is 0 Å². The highest BCUT2D eigenvalue weighted by molar-refractivity contribution is 5.81. The predicted molar refractivity (Wildman–Crippen MR) is 80.3 cm³/mol. The number of aromatic nitrogens is 3. The standard InChI is InChI=1S/C15H21N5O/c1-2-3-14(16)15(21)18-8-12-4-6-13(7-5-12)9-20-11-17-10-19-20/h4-7,10-11,14H,2-3,8-9,16H2,1H3,(H,18,21). The number of carbonyl (C=O) groups excluding carboxylic acids is 1. The van der Waals surface area contributed by atoms with E-state index in [0.29, 0.717) is 19.5 Å². The number of nitrogens with one attached hydrogen (secondary N) is 1. The van der Waals surface area contributed by atoms with Crippen molar-refractivity contribution in [2.24, 2.45) is 5.73 Å². The van der Waals surface area contributed by atoms with Gasteiger partial charge in [0.25, 0.3) is 0 Å². The van der Waals surface area contributed by atoms with Crippen LogP contribution in [0, 0.1) is 0 Å². The molecule has 0 radical (unpaired) electrons. The van der Waals surface area contributed by atoms with Gasteiger partial charge in [-0.2, -0.15) is 5.10 Å². The summed E-state index contributed by atoms with van der Waals surface area (Å²) in [6.45, 7) is 3.20. The van der Waals surface area contributed by atoms with Gasteiger partial charge >= 0.3 is 0 Å². The van der Waals surface area contributed by atoms with Crippen LogP contribution < -0.4 is 11.1 Å². The number of nitrogens with two attached hydrogens (primary N) is 1. The molecule has 0 saturated carbocycles. The van der Waals surface area contributed by atoms with Gasteiger partial charge in [0.05, 0.1) is 12.6 Å². The maximum atomic E-state index is 11.7. The average molecular weight is 287 g/mol. The van der Waals surface area contributed by atoms with Gasteiger partial charge in [-0.1, -0.05) is 37.6 Å². The van der Waals surface area contributed by atoms with E-state index in [9.17, 15) is 4.79 Å². The van der Waals surface area contributed by atoms with Crippen LogP contribution in [0.3, 0.4) is 0 Å². The maximum Gasteiger partial charge on any atom is 0.237 e. The highest BCUT2D eigenvalue weighted by Crippen LogP contribution is 2.06. The normalized spacial score (nSPS) is 12.1. The zero-order valence-corrected chi connectivity index (χ0v) is 12.2. The second-order valence-corrected chi connectivity index (χ2v) is 5.02. The summed E-state index contributed by atoms with van der Waals surface area (Å²) in [4.78, 5) is 15.6. The first-order valence-electron chi connectivity index (χ1n) is 7.12. The Morgan fingerprint density at radius 3 is 2.67 bits per heavy atom. The summed E-state index contributed by atoms with van der Waals surface area (Å²) in [5, 5.41) is 6.92. The zero-order valence-electron chi connectivity index (χ0n) is 12.2. The van der Waals surface area contributed by atoms with Crippen LogP contribution in [0.15, 0.2) is 36.9 Å². The topological polar surface area (TPSA) is 85.8 Å². The number of nitrogens with zero attached hydrogens (tertiary/aromatic N) is 3. The second kappa shape index (κ2) is 7.54. The summed E-state index contributed by atoms with van der Waals surface area (Å²) >= 11 is 0. The SMILES string of the molecule is CCCC(N)C(=O)NCc1ccc(Cn2cncn2)cc1. The third-order valence-corrected chi connectivity index (χ3v) is 3.24. The molecule has 2 rings (SSSR count). The molecule has 1 heterocycles. The molecule has 0 bridgehead atoms. The molecule has 2 aromatic rings. The van der Waals surface area contributed by atoms with E-state index in [0.717, 1.165) is 17.5 Å². The van der Waals surface area contributed by atoms with Crippen LogP contribution in [0.2, 0.25) is 0 Å². The maximum absolute atomic E-state index is 11.7. The summed E-state index contributed by atoms with van der Waals surface area (Å²) in [5.41, 5.74) is 7.95. The molecule has 1 atom stereocenters. The number of benzene rings is 1. The molecule has 1 aromatic heterocycles. The number of hydrogen-bond acceptors (Lipinski definition) is 4. The van der Waals surface area contributed by atoms with Crippen molar-refractivity contribution in [3.63, 3.8) is 0 Å². The van der Waals surface area contributed by atoms with Crippen molar-refractivity contribution < 1.29 is 4.79 Å². The molecule has 1 aromatic carbocycles. The lowest BCUT2D eigenvalue weighted by Gasteiger charge is -2.11. The van der Waals surface area contributed by atoms with E-state index in [1.54, 1.807) is 11.0 Å². The van der Waals surface area contributed by atoms with Crippen molar-refractivity contribution >= 4 is 5.91 Å². The fourth-order valence-electron chi connectivity index (χ4n) is 2.03. The molecule has 3 N–H and O–H groups in total. The minimum Gasteiger partial charge on any atom is -0.351 e. The number of hydrogen-bond donors (Lipinski definition) is 2. The van der Waals surface area contributed by atoms with E-state index in [1.165, 1.54) is 6.33 Å². The summed E-state index contributed by atoms with van der Waals surface area (Å²) in [5.74, 6) is -0.0939. The highest BCUT2D eigenvalue weighted by Gasteiger charge is 2.11. The van der Waals surface area contributed by atoms with Crippen LogP contribution in [-0.2, 0) is 17.9 Å². The van der Waals surface area contributed by atoms with E-state index >= 15 is 0 Å². The Morgan fingerprint density at radius 1 is 1.33 bits per heavy atom. The smallest absolute Gasteiger partial charge is 0.237 e. The lowest BCUT2D eigenvalue weighted by atomic mass is 10.1. The summed E-state index contributed by atoms with van der Waals surface area (Å²) < 4.78 is 1.76. The fraction of sp³-hybridized carbons (Fsp3) is 0.400. The Morgan fingerprint density at radius 2 is 2.05 bits per heavy atom. The van der Waals surface area contributed by atoms with E-state index in [2.05, 4.69) is 15.4 Å². The predicted octanol–water partition coefficient (Wildman–Crippen LogP) is 1.07. The Bertz CT molecular complexity index is 550. The van der Waals surface area contributed by atoms with Crippen LogP contribution in [-0.4, -0.2) is 26.7 Å². The van der Waals surface area contributed by atoms with Gasteiger partial charge in [0.15, 0.2) is 0 Å². The fourth-order valence-corrected chi connectivity index (χ4v) is 2.03. The largest absolute Gasteiger partial charge is 0.351 e. The minimum atomic E-state index is -0.415. The van der Waals surface area contributed by atoms with Crippen molar-refractivity contribution in [3.8, 4) is 0 Å². The molecule has 0 spiro atoms. The van der Waals surface area contributed by atoms with Gasteiger partial charge in [-0.15, -0.1) is 0 Å². The van der Waals surface area contributed by atoms with Gasteiger partial charge in [0.2, 0.25) is 5.91 Å². The first kappa shape index (κ1) is 15.2. The molecule has 0 aliphatic carbocycles. The summed E-state index contributed by atoms with van der Waals surface area (Å²) in [7, 11) is 0. The molecule has 0 fully saturated rings. The quantitative estimate of drug-likeness (QED) is 0.797. The minimum absolute atomic E-state index is 0.0939. The molecule has 112 valence electrons. The molecular formula is C15H21N5O. The van der Waals surface area contributed by atoms with Crippen molar-refractivity contribution in [1.82, 2.24) is 20.1 Å². The van der Waals surface area contributed by atoms with E-state index in [-0.39, 0.29) is 5.91 Å². The Labute approximate surface area is 124 Å². The molecular weight excluding hydrogens is 266 g/mol. The summed E-state index contributed by atoms with van der Waals surface area (Å²) in [6, 6.07) is 7.63. The lowest BCUT2D eigenvalue weighted by molar-refractivity contribution is -0.122. The summed E-state index contributed by atoms with van der Waals surface area (Å²) in [6.07, 6.45) is 4.82. The van der Waals surface area contributed by atoms with Gasteiger partial charge in [0, 0.05) is 6.54 Å². The van der Waals surface area contributed by atoms with Gasteiger partial charge in [-0.3, -0.25) is 4.79 Å². The molecule has 21 heavy (non-hydrogen) atoms. The molecule has 1 amide bonds. The van der Waals surface area contributed by atoms with Crippen LogP contribution in [0.25, 0.3) is 0 Å². The van der Waals surface area contributed by atoms with Crippen molar-refractivity contribution in [2.45, 2.75) is 38.9 Å². The van der Waals surface area contributed by atoms with E-state index in [4.69, 9.17) is 5.73 Å². The zero-order chi connectivity index (χ0) is 15.1. The molecule has 6 nitrogen and oxygen atoms in total. The van der Waals surface area contributed by atoms with Gasteiger partial charge in [0.1, 0.15) is 12.7 Å². The second-order valence-electron chi connectivity index (χ2n) is 5.02. The Balaban J connectivity index is 1.83. The van der Waals surface area contributed by atoms with Crippen LogP contribution in [0.1, 0.15) is 30.9 Å². The van der Waals surface area contributed by atoms with Gasteiger partial charge in [-0.05, 0) is 17.5 Å². The monoisotopic (exact) mass is 287 g/mol. The first-order chi connectivity index (χ1) is 10.2. The average Bonchev–Trinajstić information content (AvgIpc) is 2.99. The number of amides is 1. The van der Waals surface area contributed by atoms with E-state index in [1.807, 2.05) is 31.2 Å². The number of carbonyl (C=O) groups is 1. The molecule has 0 aliphatic heterocycles. The molecule has 0 saturated heterocycles. The first-order valence-corrected chi connectivity index (χ1v) is 7.12. The highest BCUT2D eigenvalue weighted by atomic mass is 16.2. The van der Waals surface area contributed by atoms with Crippen LogP contribution in [0.5, 0.6) is 0 Å². The van der Waals surface area contributed by atoms with Crippen LogP contribution in [0.4, 0.5) is 0 Å². The molecule has 0 aliphatic rings. The van der Waals surface area contributed by atoms with Gasteiger partial charge < -0.3 is 11.1 Å². The molecule has 1 unspecified atom stereocenters. The third-order valence-electron chi connectivity index (χ3n) is 3.24. The van der Waals surface area contributed by atoms with Crippen molar-refractivity contribution in [2.75, 3.05) is 0 Å². The van der Waals surface area contributed by atoms with Crippen molar-refractivity contribution in [1.29, 1.82) is 0 Å². The van der Waals surface area contributed by atoms with Crippen molar-refractivity contribution in [3.05, 3.63) is 48.0 Å². The van der Waals surface area contributed by atoms with E-state index < -0.39 is 6.04 Å². The Kier molecular flexibility index (Phi) is 5.45.